The van der Waals surface area contributed by atoms with Crippen molar-refractivity contribution < 1.29 is 19.4 Å². The van der Waals surface area contributed by atoms with Crippen LogP contribution in [0.5, 0.6) is 0 Å². The minimum absolute atomic E-state index is 0.145. The third kappa shape index (κ3) is 31.2. The molecule has 0 saturated carbocycles. The lowest BCUT2D eigenvalue weighted by Gasteiger charge is -2.13. The number of esters is 1. The second-order valence-corrected chi connectivity index (χ2v) is 12.2. The summed E-state index contributed by atoms with van der Waals surface area (Å²) in [6.07, 6.45) is 41.5. The molecule has 240 valence electrons. The van der Waals surface area contributed by atoms with Crippen LogP contribution in [0.25, 0.3) is 0 Å². The Labute approximate surface area is 255 Å². The van der Waals surface area contributed by atoms with Crippen LogP contribution in [-0.4, -0.2) is 23.7 Å². The summed E-state index contributed by atoms with van der Waals surface area (Å²) in [7, 11) is 0. The van der Waals surface area contributed by atoms with Crippen LogP contribution < -0.4 is 0 Å². The Morgan fingerprint density at radius 2 is 0.976 bits per heavy atom. The number of rotatable bonds is 33. The minimum Gasteiger partial charge on any atom is -0.481 e. The first kappa shape index (κ1) is 39.4. The van der Waals surface area contributed by atoms with Crippen molar-refractivity contribution in [1.82, 2.24) is 0 Å². The zero-order valence-electron chi connectivity index (χ0n) is 27.2. The lowest BCUT2D eigenvalue weighted by molar-refractivity contribution is -0.152. The molecule has 0 radical (unpaired) electrons. The van der Waals surface area contributed by atoms with Crippen LogP contribution in [0.4, 0.5) is 0 Å². The smallest absolute Gasteiger partial charge is 0.309 e. The van der Waals surface area contributed by atoms with Crippen molar-refractivity contribution >= 4 is 11.9 Å². The van der Waals surface area contributed by atoms with E-state index in [9.17, 15) is 9.59 Å². The fourth-order valence-electron chi connectivity index (χ4n) is 5.53. The zero-order chi connectivity index (χ0) is 30.1. The molecule has 0 spiro atoms. The number of carboxylic acid groups (broad SMARTS) is 1. The molecule has 0 aliphatic carbocycles. The van der Waals surface area contributed by atoms with Gasteiger partial charge in [0.25, 0.3) is 0 Å². The number of hydrogen-bond donors (Lipinski definition) is 1. The summed E-state index contributed by atoms with van der Waals surface area (Å²) in [5, 5.41) is 9.03. The number of carboxylic acids is 1. The van der Waals surface area contributed by atoms with Crippen molar-refractivity contribution in [3.63, 3.8) is 0 Å². The van der Waals surface area contributed by atoms with Crippen LogP contribution in [0.3, 0.4) is 0 Å². The second kappa shape index (κ2) is 32.9. The molecule has 0 amide bonds. The summed E-state index contributed by atoms with van der Waals surface area (Å²) in [6.45, 7) is 5.96. The third-order valence-electron chi connectivity index (χ3n) is 8.16. The zero-order valence-corrected chi connectivity index (χ0v) is 27.2. The highest BCUT2D eigenvalue weighted by Gasteiger charge is 2.22. The van der Waals surface area contributed by atoms with E-state index in [1.54, 1.807) is 0 Å². The fraction of sp³-hybridized carbons (Fsp3) is 0.838. The summed E-state index contributed by atoms with van der Waals surface area (Å²) < 4.78 is 5.05. The molecule has 0 aromatic carbocycles. The van der Waals surface area contributed by atoms with Gasteiger partial charge in [-0.05, 0) is 32.1 Å². The fourth-order valence-corrected chi connectivity index (χ4v) is 5.53. The van der Waals surface area contributed by atoms with Gasteiger partial charge in [0.05, 0.1) is 12.3 Å². The van der Waals surface area contributed by atoms with E-state index in [0.29, 0.717) is 6.42 Å². The molecule has 0 aliphatic rings. The van der Waals surface area contributed by atoms with Crippen molar-refractivity contribution in [2.24, 2.45) is 5.92 Å². The number of ether oxygens (including phenoxy) is 1. The molecule has 4 nitrogen and oxygen atoms in total. The Balaban J connectivity index is 3.33. The van der Waals surface area contributed by atoms with Crippen LogP contribution >= 0.6 is 0 Å². The lowest BCUT2D eigenvalue weighted by atomic mass is 9.97. The average molecular weight is 577 g/mol. The molecule has 1 unspecified atom stereocenters. The van der Waals surface area contributed by atoms with E-state index in [0.717, 1.165) is 19.3 Å². The molecule has 0 bridgehead atoms. The summed E-state index contributed by atoms with van der Waals surface area (Å²) in [5.41, 5.74) is 0. The van der Waals surface area contributed by atoms with Gasteiger partial charge in [-0.2, -0.15) is 0 Å². The first-order valence-electron chi connectivity index (χ1n) is 17.8. The SMILES string of the molecule is C=CCOC(=O)C(CCCCCCCCCCCCCCCCC/C=C/CCCCCCCCCCC)CC(=O)O. The topological polar surface area (TPSA) is 63.6 Å². The standard InChI is InChI=1S/C37H68O4/c1-3-5-6-7-8-9-10-11-12-13-14-15-16-17-18-19-20-21-22-23-24-25-26-27-28-29-30-31-32-35(34-36(38)39)37(40)41-33-4-2/h4,14-15,35H,2-3,5-13,16-34H2,1H3,(H,38,39)/b15-14+. The molecule has 0 fully saturated rings. The van der Waals surface area contributed by atoms with E-state index in [1.165, 1.54) is 154 Å². The van der Waals surface area contributed by atoms with Gasteiger partial charge in [0.1, 0.15) is 6.61 Å². The highest BCUT2D eigenvalue weighted by atomic mass is 16.5. The first-order valence-corrected chi connectivity index (χ1v) is 17.8. The van der Waals surface area contributed by atoms with E-state index in [1.807, 2.05) is 0 Å². The Kier molecular flexibility index (Phi) is 31.7. The molecule has 0 aromatic heterocycles. The Bertz CT molecular complexity index is 612. The van der Waals surface area contributed by atoms with Crippen LogP contribution in [-0.2, 0) is 14.3 Å². The number of aliphatic carboxylic acids is 1. The normalized spacial score (nSPS) is 12.1. The van der Waals surface area contributed by atoms with Gasteiger partial charge in [-0.3, -0.25) is 9.59 Å². The molecule has 0 aromatic rings. The number of allylic oxidation sites excluding steroid dienone is 2. The summed E-state index contributed by atoms with van der Waals surface area (Å²) >= 11 is 0. The van der Waals surface area contributed by atoms with Gasteiger partial charge in [-0.25, -0.2) is 0 Å². The molecular formula is C37H68O4. The van der Waals surface area contributed by atoms with Crippen LogP contribution in [0, 0.1) is 5.92 Å². The van der Waals surface area contributed by atoms with Gasteiger partial charge in [-0.1, -0.05) is 173 Å². The average Bonchev–Trinajstić information content (AvgIpc) is 2.96. The molecule has 1 N–H and O–H groups in total. The van der Waals surface area contributed by atoms with Gasteiger partial charge in [-0.15, -0.1) is 0 Å². The van der Waals surface area contributed by atoms with E-state index < -0.39 is 17.9 Å². The van der Waals surface area contributed by atoms with E-state index in [2.05, 4.69) is 25.7 Å². The molecule has 0 rings (SSSR count). The van der Waals surface area contributed by atoms with Crippen molar-refractivity contribution in [3.05, 3.63) is 24.8 Å². The van der Waals surface area contributed by atoms with Gasteiger partial charge >= 0.3 is 11.9 Å². The number of hydrogen-bond acceptors (Lipinski definition) is 3. The Hall–Kier alpha value is -1.58. The maximum atomic E-state index is 12.0. The van der Waals surface area contributed by atoms with Crippen molar-refractivity contribution in [2.75, 3.05) is 6.61 Å². The molecular weight excluding hydrogens is 508 g/mol. The monoisotopic (exact) mass is 577 g/mol. The largest absolute Gasteiger partial charge is 0.481 e. The van der Waals surface area contributed by atoms with Gasteiger partial charge < -0.3 is 9.84 Å². The molecule has 41 heavy (non-hydrogen) atoms. The second-order valence-electron chi connectivity index (χ2n) is 12.2. The van der Waals surface area contributed by atoms with E-state index >= 15 is 0 Å². The third-order valence-corrected chi connectivity index (χ3v) is 8.16. The minimum atomic E-state index is -0.941. The van der Waals surface area contributed by atoms with Gasteiger partial charge in [0, 0.05) is 0 Å². The quantitative estimate of drug-likeness (QED) is 0.0479. The maximum Gasteiger partial charge on any atom is 0.309 e. The van der Waals surface area contributed by atoms with Crippen LogP contribution in [0.15, 0.2) is 24.8 Å². The van der Waals surface area contributed by atoms with Gasteiger partial charge in [0.2, 0.25) is 0 Å². The maximum absolute atomic E-state index is 12.0. The predicted molar refractivity (Wildman–Crippen MR) is 176 cm³/mol. The molecule has 0 heterocycles. The van der Waals surface area contributed by atoms with E-state index in [-0.39, 0.29) is 13.0 Å². The number of carbonyl (C=O) groups excluding carboxylic acids is 1. The van der Waals surface area contributed by atoms with Crippen LogP contribution in [0.2, 0.25) is 0 Å². The van der Waals surface area contributed by atoms with Crippen LogP contribution in [0.1, 0.15) is 187 Å². The van der Waals surface area contributed by atoms with Gasteiger partial charge in [0.15, 0.2) is 0 Å². The number of carbonyl (C=O) groups is 2. The molecule has 4 heteroatoms. The highest BCUT2D eigenvalue weighted by Crippen LogP contribution is 2.18. The van der Waals surface area contributed by atoms with Crippen molar-refractivity contribution in [1.29, 1.82) is 0 Å². The highest BCUT2D eigenvalue weighted by molar-refractivity contribution is 5.79. The predicted octanol–water partition coefficient (Wildman–Crippen LogP) is 11.9. The Morgan fingerprint density at radius 1 is 0.610 bits per heavy atom. The molecule has 0 saturated heterocycles. The lowest BCUT2D eigenvalue weighted by Crippen LogP contribution is -2.21. The first-order chi connectivity index (χ1) is 20.1. The molecule has 1 atom stereocenters. The Morgan fingerprint density at radius 3 is 1.34 bits per heavy atom. The summed E-state index contributed by atoms with van der Waals surface area (Å²) in [4.78, 5) is 23.0. The molecule has 0 aliphatic heterocycles. The number of unbranched alkanes of at least 4 members (excludes halogenated alkanes) is 24. The van der Waals surface area contributed by atoms with Crippen molar-refractivity contribution in [3.8, 4) is 0 Å². The van der Waals surface area contributed by atoms with E-state index in [4.69, 9.17) is 9.84 Å². The summed E-state index contributed by atoms with van der Waals surface area (Å²) in [6, 6.07) is 0. The van der Waals surface area contributed by atoms with Crippen molar-refractivity contribution in [2.45, 2.75) is 187 Å². The summed E-state index contributed by atoms with van der Waals surface area (Å²) in [5.74, 6) is -1.88.